The molecule has 1 aromatic carbocycles. The van der Waals surface area contributed by atoms with E-state index in [2.05, 4.69) is 10.4 Å². The first-order valence-electron chi connectivity index (χ1n) is 7.38. The van der Waals surface area contributed by atoms with Gasteiger partial charge in [0, 0.05) is 18.2 Å². The molecule has 0 spiro atoms. The fraction of sp³-hybridized carbons (Fsp3) is 0.294. The molecular weight excluding hydrogens is 314 g/mol. The van der Waals surface area contributed by atoms with Gasteiger partial charge in [0.2, 0.25) is 5.91 Å². The van der Waals surface area contributed by atoms with Gasteiger partial charge in [0.25, 0.3) is 0 Å². The lowest BCUT2D eigenvalue weighted by Crippen LogP contribution is -2.28. The van der Waals surface area contributed by atoms with Crippen LogP contribution in [0.3, 0.4) is 0 Å². The molecule has 0 saturated heterocycles. The van der Waals surface area contributed by atoms with Crippen molar-refractivity contribution in [2.45, 2.75) is 26.5 Å². The second-order valence-electron chi connectivity index (χ2n) is 5.36. The minimum atomic E-state index is -0.578. The molecule has 0 aliphatic heterocycles. The number of carbonyl (C=O) groups is 1. The summed E-state index contributed by atoms with van der Waals surface area (Å²) in [6, 6.07) is 9.90. The highest BCUT2D eigenvalue weighted by atomic mass is 35.5. The molecule has 2 aromatic rings. The van der Waals surface area contributed by atoms with Crippen LogP contribution in [-0.2, 0) is 11.3 Å². The Balaban J connectivity index is 2.10. The van der Waals surface area contributed by atoms with Crippen LogP contribution in [0, 0.1) is 6.92 Å². The van der Waals surface area contributed by atoms with Crippen molar-refractivity contribution in [3.05, 3.63) is 58.4 Å². The summed E-state index contributed by atoms with van der Waals surface area (Å²) < 4.78 is 1.71. The van der Waals surface area contributed by atoms with Gasteiger partial charge in [-0.15, -0.1) is 0 Å². The monoisotopic (exact) mass is 333 g/mol. The van der Waals surface area contributed by atoms with Gasteiger partial charge >= 0.3 is 0 Å². The highest BCUT2D eigenvalue weighted by Crippen LogP contribution is 2.22. The lowest BCUT2D eigenvalue weighted by molar-refractivity contribution is -0.116. The molecule has 1 unspecified atom stereocenters. The third-order valence-corrected chi connectivity index (χ3v) is 3.66. The molecule has 1 aromatic heterocycles. The minimum absolute atomic E-state index is 0.211. The number of carbonyl (C=O) groups excluding carboxylic acids is 1. The number of amides is 1. The molecule has 0 saturated carbocycles. The van der Waals surface area contributed by atoms with Crippen molar-refractivity contribution in [2.24, 2.45) is 0 Å². The van der Waals surface area contributed by atoms with Gasteiger partial charge in [0.1, 0.15) is 5.15 Å². The van der Waals surface area contributed by atoms with E-state index in [0.717, 1.165) is 16.8 Å². The number of hydrogen-bond donors (Lipinski definition) is 2. The van der Waals surface area contributed by atoms with E-state index >= 15 is 0 Å². The lowest BCUT2D eigenvalue weighted by Gasteiger charge is -2.04. The Morgan fingerprint density at radius 3 is 2.78 bits per heavy atom. The van der Waals surface area contributed by atoms with Gasteiger partial charge in [-0.3, -0.25) is 4.79 Å². The molecule has 6 heteroatoms. The van der Waals surface area contributed by atoms with Gasteiger partial charge in [0.15, 0.2) is 0 Å². The largest absolute Gasteiger partial charge is 0.392 e. The number of rotatable bonds is 6. The minimum Gasteiger partial charge on any atom is -0.392 e. The Kier molecular flexibility index (Phi) is 5.96. The summed E-state index contributed by atoms with van der Waals surface area (Å²) in [6.45, 7) is 4.24. The fourth-order valence-electron chi connectivity index (χ4n) is 2.08. The number of nitrogens with zero attached hydrogens (tertiary/aromatic N) is 2. The number of aliphatic hydroxyl groups is 1. The number of nitrogens with one attached hydrogen (secondary N) is 1. The van der Waals surface area contributed by atoms with Crippen molar-refractivity contribution in [3.8, 4) is 0 Å². The Bertz CT molecular complexity index is 693. The number of aliphatic hydroxyl groups excluding tert-OH is 1. The average molecular weight is 334 g/mol. The molecule has 1 heterocycles. The van der Waals surface area contributed by atoms with Gasteiger partial charge in [-0.2, -0.15) is 5.10 Å². The number of hydrogen-bond acceptors (Lipinski definition) is 3. The Morgan fingerprint density at radius 1 is 1.43 bits per heavy atom. The molecule has 0 aliphatic carbocycles. The average Bonchev–Trinajstić information content (AvgIpc) is 2.78. The van der Waals surface area contributed by atoms with Crippen molar-refractivity contribution in [1.82, 2.24) is 15.1 Å². The summed E-state index contributed by atoms with van der Waals surface area (Å²) in [5, 5.41) is 16.6. The molecule has 0 radical (unpaired) electrons. The Labute approximate surface area is 140 Å². The van der Waals surface area contributed by atoms with Crippen LogP contribution in [0.4, 0.5) is 0 Å². The predicted octanol–water partition coefficient (Wildman–Crippen LogP) is 2.40. The van der Waals surface area contributed by atoms with Crippen molar-refractivity contribution < 1.29 is 9.90 Å². The van der Waals surface area contributed by atoms with Gasteiger partial charge in [-0.05, 0) is 25.5 Å². The third kappa shape index (κ3) is 4.94. The predicted molar refractivity (Wildman–Crippen MR) is 91.2 cm³/mol. The second kappa shape index (κ2) is 7.94. The van der Waals surface area contributed by atoms with E-state index in [1.165, 1.54) is 6.08 Å². The summed E-state index contributed by atoms with van der Waals surface area (Å²) in [5.74, 6) is -0.280. The molecule has 1 atom stereocenters. The normalized spacial score (nSPS) is 12.5. The smallest absolute Gasteiger partial charge is 0.244 e. The standard InChI is InChI=1S/C17H20ClN3O2/c1-12(22)10-19-16(23)9-8-15-13(2)20-21(17(15)18)11-14-6-4-3-5-7-14/h3-9,12,22H,10-11H2,1-2H3,(H,19,23)/b9-8+. The molecular formula is C17H20ClN3O2. The Hall–Kier alpha value is -2.11. The number of benzene rings is 1. The summed E-state index contributed by atoms with van der Waals surface area (Å²) in [5.41, 5.74) is 2.57. The van der Waals surface area contributed by atoms with Crippen LogP contribution in [0.25, 0.3) is 6.08 Å². The summed E-state index contributed by atoms with van der Waals surface area (Å²) >= 11 is 6.37. The fourth-order valence-corrected chi connectivity index (χ4v) is 2.38. The SMILES string of the molecule is Cc1nn(Cc2ccccc2)c(Cl)c1/C=C/C(=O)NCC(C)O. The van der Waals surface area contributed by atoms with E-state index in [1.807, 2.05) is 37.3 Å². The van der Waals surface area contributed by atoms with Gasteiger partial charge < -0.3 is 10.4 Å². The van der Waals surface area contributed by atoms with Crippen molar-refractivity contribution in [2.75, 3.05) is 6.54 Å². The molecule has 0 fully saturated rings. The molecule has 23 heavy (non-hydrogen) atoms. The van der Waals surface area contributed by atoms with Crippen LogP contribution < -0.4 is 5.32 Å². The van der Waals surface area contributed by atoms with E-state index < -0.39 is 6.10 Å². The zero-order chi connectivity index (χ0) is 16.8. The van der Waals surface area contributed by atoms with E-state index in [0.29, 0.717) is 11.7 Å². The van der Waals surface area contributed by atoms with E-state index in [9.17, 15) is 4.79 Å². The Morgan fingerprint density at radius 2 is 2.13 bits per heavy atom. The second-order valence-corrected chi connectivity index (χ2v) is 5.72. The van der Waals surface area contributed by atoms with Crippen LogP contribution in [0.2, 0.25) is 5.15 Å². The lowest BCUT2D eigenvalue weighted by atomic mass is 10.2. The maximum Gasteiger partial charge on any atom is 0.244 e. The zero-order valence-electron chi connectivity index (χ0n) is 13.2. The summed E-state index contributed by atoms with van der Waals surface area (Å²) in [4.78, 5) is 11.7. The summed E-state index contributed by atoms with van der Waals surface area (Å²) in [7, 11) is 0. The molecule has 0 aliphatic rings. The van der Waals surface area contributed by atoms with Gasteiger partial charge in [-0.25, -0.2) is 4.68 Å². The van der Waals surface area contributed by atoms with Crippen LogP contribution in [0.5, 0.6) is 0 Å². The van der Waals surface area contributed by atoms with Gasteiger partial charge in [0.05, 0.1) is 18.3 Å². The van der Waals surface area contributed by atoms with Crippen LogP contribution in [0.15, 0.2) is 36.4 Å². The summed E-state index contributed by atoms with van der Waals surface area (Å²) in [6.07, 6.45) is 2.46. The maximum atomic E-state index is 11.7. The maximum absolute atomic E-state index is 11.7. The zero-order valence-corrected chi connectivity index (χ0v) is 13.9. The number of aryl methyl sites for hydroxylation is 1. The highest BCUT2D eigenvalue weighted by Gasteiger charge is 2.11. The van der Waals surface area contributed by atoms with E-state index in [4.69, 9.17) is 16.7 Å². The highest BCUT2D eigenvalue weighted by molar-refractivity contribution is 6.31. The van der Waals surface area contributed by atoms with Crippen LogP contribution in [-0.4, -0.2) is 33.4 Å². The first-order chi connectivity index (χ1) is 11.0. The van der Waals surface area contributed by atoms with Crippen molar-refractivity contribution in [1.29, 1.82) is 0 Å². The molecule has 2 N–H and O–H groups in total. The molecule has 5 nitrogen and oxygen atoms in total. The van der Waals surface area contributed by atoms with Crippen molar-refractivity contribution in [3.63, 3.8) is 0 Å². The first kappa shape index (κ1) is 17.2. The van der Waals surface area contributed by atoms with E-state index in [-0.39, 0.29) is 12.5 Å². The topological polar surface area (TPSA) is 67.2 Å². The van der Waals surface area contributed by atoms with E-state index in [1.54, 1.807) is 17.7 Å². The first-order valence-corrected chi connectivity index (χ1v) is 7.76. The van der Waals surface area contributed by atoms with Crippen molar-refractivity contribution >= 4 is 23.6 Å². The molecule has 2 rings (SSSR count). The molecule has 122 valence electrons. The third-order valence-electron chi connectivity index (χ3n) is 3.26. The molecule has 1 amide bonds. The van der Waals surface area contributed by atoms with Gasteiger partial charge in [-0.1, -0.05) is 41.9 Å². The number of aromatic nitrogens is 2. The quantitative estimate of drug-likeness (QED) is 0.798. The van der Waals surface area contributed by atoms with Crippen LogP contribution in [0.1, 0.15) is 23.7 Å². The molecule has 0 bridgehead atoms. The number of halogens is 1. The van der Waals surface area contributed by atoms with Crippen LogP contribution >= 0.6 is 11.6 Å².